The Hall–Kier alpha value is -1.88. The lowest BCUT2D eigenvalue weighted by Gasteiger charge is -2.17. The van der Waals surface area contributed by atoms with Crippen LogP contribution < -0.4 is 10.2 Å². The van der Waals surface area contributed by atoms with Gasteiger partial charge in [0.05, 0.1) is 5.56 Å². The number of unbranched alkanes of at least 4 members (excludes halogenated alkanes) is 1. The summed E-state index contributed by atoms with van der Waals surface area (Å²) in [5.41, 5.74) is 1.31. The normalized spacial score (nSPS) is 10.3. The fraction of sp³-hybridized carbons (Fsp3) is 0.294. The molecule has 1 heterocycles. The topological polar surface area (TPSA) is 45.2 Å². The van der Waals surface area contributed by atoms with Crippen LogP contribution in [0.5, 0.6) is 0 Å². The summed E-state index contributed by atoms with van der Waals surface area (Å²) in [6.07, 6.45) is 3.90. The molecule has 0 unspecified atom stereocenters. The summed E-state index contributed by atoms with van der Waals surface area (Å²) in [5.74, 6) is 0.728. The maximum atomic E-state index is 12.2. The summed E-state index contributed by atoms with van der Waals surface area (Å²) < 4.78 is 0.978. The van der Waals surface area contributed by atoms with Gasteiger partial charge in [0.1, 0.15) is 5.82 Å². The second-order valence-electron chi connectivity index (χ2n) is 5.14. The first-order valence-corrected chi connectivity index (χ1v) is 8.13. The Balaban J connectivity index is 2.00. The molecule has 0 fully saturated rings. The molecule has 0 spiro atoms. The van der Waals surface area contributed by atoms with Crippen molar-refractivity contribution < 1.29 is 4.79 Å². The van der Waals surface area contributed by atoms with Gasteiger partial charge in [-0.3, -0.25) is 4.79 Å². The van der Waals surface area contributed by atoms with E-state index in [-0.39, 0.29) is 5.91 Å². The molecular formula is C17H20BrN3O. The highest BCUT2D eigenvalue weighted by Gasteiger charge is 2.08. The number of pyridine rings is 1. The van der Waals surface area contributed by atoms with Crippen LogP contribution in [-0.2, 0) is 0 Å². The van der Waals surface area contributed by atoms with E-state index in [4.69, 9.17) is 0 Å². The van der Waals surface area contributed by atoms with Gasteiger partial charge in [0, 0.05) is 29.9 Å². The summed E-state index contributed by atoms with van der Waals surface area (Å²) in [5, 5.41) is 2.86. The third-order valence-corrected chi connectivity index (χ3v) is 3.88. The van der Waals surface area contributed by atoms with Crippen LogP contribution in [0.3, 0.4) is 0 Å². The summed E-state index contributed by atoms with van der Waals surface area (Å²) in [4.78, 5) is 18.6. The highest BCUT2D eigenvalue weighted by Crippen LogP contribution is 2.16. The van der Waals surface area contributed by atoms with Crippen LogP contribution in [0.1, 0.15) is 30.1 Å². The number of rotatable bonds is 6. The minimum Gasteiger partial charge on any atom is -0.360 e. The van der Waals surface area contributed by atoms with Crippen LogP contribution in [0.2, 0.25) is 0 Å². The highest BCUT2D eigenvalue weighted by atomic mass is 79.9. The molecule has 22 heavy (non-hydrogen) atoms. The van der Waals surface area contributed by atoms with Crippen molar-refractivity contribution >= 4 is 33.3 Å². The van der Waals surface area contributed by atoms with Gasteiger partial charge in [-0.2, -0.15) is 0 Å². The first-order chi connectivity index (χ1) is 10.6. The van der Waals surface area contributed by atoms with Crippen molar-refractivity contribution in [3.8, 4) is 0 Å². The van der Waals surface area contributed by atoms with Crippen molar-refractivity contribution in [3.05, 3.63) is 52.6 Å². The van der Waals surface area contributed by atoms with Crippen LogP contribution >= 0.6 is 15.9 Å². The Labute approximate surface area is 139 Å². The molecule has 0 aliphatic rings. The van der Waals surface area contributed by atoms with E-state index in [2.05, 4.69) is 38.1 Å². The highest BCUT2D eigenvalue weighted by molar-refractivity contribution is 9.10. The molecule has 0 saturated heterocycles. The zero-order valence-corrected chi connectivity index (χ0v) is 14.4. The molecule has 2 aromatic rings. The molecule has 0 bridgehead atoms. The second kappa shape index (κ2) is 7.94. The molecule has 0 aliphatic carbocycles. The summed E-state index contributed by atoms with van der Waals surface area (Å²) in [6.45, 7) is 3.13. The minimum absolute atomic E-state index is 0.155. The Kier molecular flexibility index (Phi) is 5.95. The smallest absolute Gasteiger partial charge is 0.257 e. The molecule has 116 valence electrons. The third kappa shape index (κ3) is 4.56. The zero-order valence-electron chi connectivity index (χ0n) is 12.8. The summed E-state index contributed by atoms with van der Waals surface area (Å²) in [6, 6.07) is 11.2. The zero-order chi connectivity index (χ0) is 15.9. The van der Waals surface area contributed by atoms with Crippen LogP contribution in [-0.4, -0.2) is 24.5 Å². The molecule has 0 saturated carbocycles. The Morgan fingerprint density at radius 2 is 1.95 bits per heavy atom. The van der Waals surface area contributed by atoms with E-state index < -0.39 is 0 Å². The van der Waals surface area contributed by atoms with Crippen molar-refractivity contribution in [2.75, 3.05) is 23.8 Å². The largest absolute Gasteiger partial charge is 0.360 e. The number of halogens is 1. The van der Waals surface area contributed by atoms with E-state index in [1.165, 1.54) is 0 Å². The number of hydrogen-bond acceptors (Lipinski definition) is 3. The predicted octanol–water partition coefficient (Wildman–Crippen LogP) is 4.33. The van der Waals surface area contributed by atoms with Gasteiger partial charge in [-0.25, -0.2) is 4.98 Å². The van der Waals surface area contributed by atoms with Crippen LogP contribution in [0.15, 0.2) is 47.1 Å². The van der Waals surface area contributed by atoms with E-state index in [1.54, 1.807) is 12.3 Å². The van der Waals surface area contributed by atoms with E-state index in [0.717, 1.165) is 35.4 Å². The number of aromatic nitrogens is 1. The van der Waals surface area contributed by atoms with Crippen LogP contribution in [0, 0.1) is 0 Å². The van der Waals surface area contributed by atoms with Crippen molar-refractivity contribution in [2.45, 2.75) is 19.8 Å². The lowest BCUT2D eigenvalue weighted by atomic mass is 10.2. The van der Waals surface area contributed by atoms with Crippen molar-refractivity contribution in [1.29, 1.82) is 0 Å². The van der Waals surface area contributed by atoms with Crippen LogP contribution in [0.4, 0.5) is 11.5 Å². The van der Waals surface area contributed by atoms with Crippen molar-refractivity contribution in [3.63, 3.8) is 0 Å². The molecule has 1 amide bonds. The molecule has 1 aromatic heterocycles. The minimum atomic E-state index is -0.155. The molecular weight excluding hydrogens is 342 g/mol. The number of anilines is 2. The van der Waals surface area contributed by atoms with Gasteiger partial charge in [-0.1, -0.05) is 29.3 Å². The standard InChI is InChI=1S/C17H20BrN3O/c1-3-4-11-21(2)16-10-5-13(12-19-16)17(22)20-15-8-6-14(18)7-9-15/h5-10,12H,3-4,11H2,1-2H3,(H,20,22). The number of carbonyl (C=O) groups is 1. The average Bonchev–Trinajstić information content (AvgIpc) is 2.55. The fourth-order valence-corrected chi connectivity index (χ4v) is 2.26. The summed E-state index contributed by atoms with van der Waals surface area (Å²) in [7, 11) is 2.01. The Bertz CT molecular complexity index is 611. The van der Waals surface area contributed by atoms with E-state index in [1.807, 2.05) is 37.4 Å². The fourth-order valence-electron chi connectivity index (χ4n) is 1.99. The molecule has 5 heteroatoms. The number of amides is 1. The van der Waals surface area contributed by atoms with E-state index >= 15 is 0 Å². The predicted molar refractivity (Wildman–Crippen MR) is 94.5 cm³/mol. The van der Waals surface area contributed by atoms with Crippen LogP contribution in [0.25, 0.3) is 0 Å². The maximum Gasteiger partial charge on any atom is 0.257 e. The van der Waals surface area contributed by atoms with Gasteiger partial charge in [0.15, 0.2) is 0 Å². The van der Waals surface area contributed by atoms with E-state index in [9.17, 15) is 4.79 Å². The molecule has 4 nitrogen and oxygen atoms in total. The first-order valence-electron chi connectivity index (χ1n) is 7.34. The quantitative estimate of drug-likeness (QED) is 0.832. The molecule has 1 aromatic carbocycles. The number of nitrogens with zero attached hydrogens (tertiary/aromatic N) is 2. The molecule has 2 rings (SSSR count). The third-order valence-electron chi connectivity index (χ3n) is 3.35. The molecule has 1 N–H and O–H groups in total. The molecule has 0 radical (unpaired) electrons. The molecule has 0 aliphatic heterocycles. The average molecular weight is 362 g/mol. The number of benzene rings is 1. The number of carbonyl (C=O) groups excluding carboxylic acids is 1. The maximum absolute atomic E-state index is 12.2. The number of nitrogens with one attached hydrogen (secondary N) is 1. The van der Waals surface area contributed by atoms with E-state index in [0.29, 0.717) is 5.56 Å². The summed E-state index contributed by atoms with van der Waals surface area (Å²) >= 11 is 3.37. The van der Waals surface area contributed by atoms with Gasteiger partial charge in [0.2, 0.25) is 0 Å². The lowest BCUT2D eigenvalue weighted by Crippen LogP contribution is -2.20. The van der Waals surface area contributed by atoms with Gasteiger partial charge in [-0.05, 0) is 42.8 Å². The Morgan fingerprint density at radius 3 is 2.55 bits per heavy atom. The second-order valence-corrected chi connectivity index (χ2v) is 6.06. The Morgan fingerprint density at radius 1 is 1.23 bits per heavy atom. The van der Waals surface area contributed by atoms with Gasteiger partial charge in [0.25, 0.3) is 5.91 Å². The molecule has 0 atom stereocenters. The van der Waals surface area contributed by atoms with Gasteiger partial charge >= 0.3 is 0 Å². The lowest BCUT2D eigenvalue weighted by molar-refractivity contribution is 0.102. The SMILES string of the molecule is CCCCN(C)c1ccc(C(=O)Nc2ccc(Br)cc2)cn1. The van der Waals surface area contributed by atoms with Crippen molar-refractivity contribution in [1.82, 2.24) is 4.98 Å². The number of hydrogen-bond donors (Lipinski definition) is 1. The van der Waals surface area contributed by atoms with Gasteiger partial charge < -0.3 is 10.2 Å². The van der Waals surface area contributed by atoms with Crippen molar-refractivity contribution in [2.24, 2.45) is 0 Å². The monoisotopic (exact) mass is 361 g/mol. The van der Waals surface area contributed by atoms with Gasteiger partial charge in [-0.15, -0.1) is 0 Å². The first kappa shape index (κ1) is 16.5.